The molecule has 0 saturated carbocycles. The van der Waals surface area contributed by atoms with Crippen LogP contribution >= 0.6 is 22.9 Å². The lowest BCUT2D eigenvalue weighted by atomic mass is 10.1. The van der Waals surface area contributed by atoms with E-state index in [1.807, 2.05) is 43.3 Å². The number of nitrogens with zero attached hydrogens (tertiary/aromatic N) is 3. The number of aryl methyl sites for hydroxylation is 1. The second kappa shape index (κ2) is 10.7. The molecule has 0 unspecified atom stereocenters. The van der Waals surface area contributed by atoms with Gasteiger partial charge in [0.2, 0.25) is 0 Å². The molecule has 0 atom stereocenters. The number of rotatable bonds is 6. The number of carbonyl (C=O) groups excluding carboxylic acids is 2. The zero-order valence-electron chi connectivity index (χ0n) is 19.6. The maximum Gasteiger partial charge on any atom is 0.260 e. The van der Waals surface area contributed by atoms with Crippen molar-refractivity contribution in [3.63, 3.8) is 0 Å². The molecule has 0 radical (unpaired) electrons. The topological polar surface area (TPSA) is 96.9 Å². The molecule has 37 heavy (non-hydrogen) atoms. The Morgan fingerprint density at radius 3 is 2.43 bits per heavy atom. The number of halogens is 1. The molecule has 3 heterocycles. The first-order valence-electron chi connectivity index (χ1n) is 11.3. The molecule has 182 valence electrons. The first-order valence-corrected chi connectivity index (χ1v) is 12.5. The Bertz CT molecular complexity index is 1600. The van der Waals surface area contributed by atoms with Gasteiger partial charge in [-0.1, -0.05) is 64.9 Å². The van der Waals surface area contributed by atoms with Crippen LogP contribution < -0.4 is 10.6 Å². The molecule has 0 aliphatic rings. The van der Waals surface area contributed by atoms with Crippen molar-refractivity contribution < 1.29 is 9.59 Å². The van der Waals surface area contributed by atoms with Crippen molar-refractivity contribution in [1.82, 2.24) is 15.0 Å². The summed E-state index contributed by atoms with van der Waals surface area (Å²) in [5.41, 5.74) is 4.27. The molecule has 0 saturated heterocycles. The molecule has 5 rings (SSSR count). The van der Waals surface area contributed by atoms with E-state index in [1.165, 1.54) is 17.5 Å². The quantitative estimate of drug-likeness (QED) is 0.239. The number of pyridine rings is 2. The fourth-order valence-corrected chi connectivity index (χ4v) is 4.88. The van der Waals surface area contributed by atoms with Crippen LogP contribution in [0.15, 0.2) is 91.3 Å². The van der Waals surface area contributed by atoms with Gasteiger partial charge < -0.3 is 5.32 Å². The number of thiazole rings is 1. The average Bonchev–Trinajstić information content (AvgIpc) is 3.33. The molecule has 9 heteroatoms. The molecule has 5 aromatic rings. The summed E-state index contributed by atoms with van der Waals surface area (Å²) in [6, 6.07) is 23.8. The van der Waals surface area contributed by atoms with E-state index in [0.29, 0.717) is 22.2 Å². The van der Waals surface area contributed by atoms with Crippen LogP contribution in [-0.4, -0.2) is 26.8 Å². The van der Waals surface area contributed by atoms with Gasteiger partial charge in [-0.15, -0.1) is 0 Å². The number of carbonyl (C=O) groups is 2. The largest absolute Gasteiger partial charge is 0.307 e. The maximum atomic E-state index is 12.9. The molecular formula is C28H20ClN5O2S. The molecule has 7 nitrogen and oxygen atoms in total. The summed E-state index contributed by atoms with van der Waals surface area (Å²) in [6.45, 7) is 2.01. The normalized spacial score (nSPS) is 10.6. The van der Waals surface area contributed by atoms with E-state index >= 15 is 0 Å². The fourth-order valence-electron chi connectivity index (χ4n) is 3.70. The standard InChI is InChI=1S/C28H20ClN5O2S/c1-17-7-5-10-19(15-17)23-24(37-28(33-23)34-27(36)21-11-6-13-31-25(21)29)20-12-14-30-22(16-20)32-26(35)18-8-3-2-4-9-18/h2-16H,1H3,(H,30,32,35)(H,33,34,36). The van der Waals surface area contributed by atoms with Crippen LogP contribution in [0.4, 0.5) is 10.9 Å². The van der Waals surface area contributed by atoms with E-state index in [-0.39, 0.29) is 16.6 Å². The minimum absolute atomic E-state index is 0.114. The monoisotopic (exact) mass is 525 g/mol. The Morgan fingerprint density at radius 2 is 1.65 bits per heavy atom. The number of anilines is 2. The number of hydrogen-bond acceptors (Lipinski definition) is 6. The first kappa shape index (κ1) is 24.3. The number of amides is 2. The van der Waals surface area contributed by atoms with Gasteiger partial charge in [0.05, 0.1) is 16.1 Å². The van der Waals surface area contributed by atoms with Crippen molar-refractivity contribution in [1.29, 1.82) is 0 Å². The van der Waals surface area contributed by atoms with Crippen molar-refractivity contribution in [3.05, 3.63) is 113 Å². The SMILES string of the molecule is Cc1cccc(-c2nc(NC(=O)c3cccnc3Cl)sc2-c2ccnc(NC(=O)c3ccccc3)c2)c1. The van der Waals surface area contributed by atoms with E-state index in [2.05, 4.69) is 20.6 Å². The number of benzene rings is 2. The summed E-state index contributed by atoms with van der Waals surface area (Å²) in [7, 11) is 0. The van der Waals surface area contributed by atoms with Crippen molar-refractivity contribution >= 4 is 45.7 Å². The molecule has 2 aromatic carbocycles. The summed E-state index contributed by atoms with van der Waals surface area (Å²) in [4.78, 5) is 39.4. The third kappa shape index (κ3) is 5.55. The van der Waals surface area contributed by atoms with Gasteiger partial charge >= 0.3 is 0 Å². The van der Waals surface area contributed by atoms with Crippen molar-refractivity contribution in [2.24, 2.45) is 0 Å². The Balaban J connectivity index is 1.51. The third-order valence-electron chi connectivity index (χ3n) is 5.44. The van der Waals surface area contributed by atoms with E-state index < -0.39 is 5.91 Å². The average molecular weight is 526 g/mol. The lowest BCUT2D eigenvalue weighted by molar-refractivity contribution is 0.101. The summed E-state index contributed by atoms with van der Waals surface area (Å²) >= 11 is 7.42. The Kier molecular flexibility index (Phi) is 7.02. The van der Waals surface area contributed by atoms with Gasteiger partial charge in [-0.25, -0.2) is 15.0 Å². The molecule has 2 amide bonds. The Morgan fingerprint density at radius 1 is 0.811 bits per heavy atom. The summed E-state index contributed by atoms with van der Waals surface area (Å²) in [5.74, 6) is -0.253. The minimum Gasteiger partial charge on any atom is -0.307 e. The zero-order chi connectivity index (χ0) is 25.8. The first-order chi connectivity index (χ1) is 18.0. The maximum absolute atomic E-state index is 12.9. The van der Waals surface area contributed by atoms with Crippen molar-refractivity contribution in [3.8, 4) is 21.7 Å². The van der Waals surface area contributed by atoms with Gasteiger partial charge in [0, 0.05) is 23.5 Å². The second-order valence-corrected chi connectivity index (χ2v) is 9.47. The summed E-state index contributed by atoms with van der Waals surface area (Å²) in [5, 5.41) is 6.21. The summed E-state index contributed by atoms with van der Waals surface area (Å²) < 4.78 is 0. The summed E-state index contributed by atoms with van der Waals surface area (Å²) in [6.07, 6.45) is 3.15. The number of hydrogen-bond donors (Lipinski definition) is 2. The van der Waals surface area contributed by atoms with Crippen LogP contribution in [0.1, 0.15) is 26.3 Å². The second-order valence-electron chi connectivity index (χ2n) is 8.11. The van der Waals surface area contributed by atoms with Crippen molar-refractivity contribution in [2.45, 2.75) is 6.92 Å². The third-order valence-corrected chi connectivity index (χ3v) is 6.76. The van der Waals surface area contributed by atoms with Gasteiger partial charge in [-0.2, -0.15) is 0 Å². The molecule has 0 aliphatic heterocycles. The van der Waals surface area contributed by atoms with E-state index in [0.717, 1.165) is 21.6 Å². The van der Waals surface area contributed by atoms with Gasteiger partial charge in [0.15, 0.2) is 5.13 Å². The highest BCUT2D eigenvalue weighted by molar-refractivity contribution is 7.19. The molecular weight excluding hydrogens is 506 g/mol. The highest BCUT2D eigenvalue weighted by Gasteiger charge is 2.19. The van der Waals surface area contributed by atoms with E-state index in [4.69, 9.17) is 16.6 Å². The van der Waals surface area contributed by atoms with Crippen LogP contribution in [0.5, 0.6) is 0 Å². The van der Waals surface area contributed by atoms with Crippen LogP contribution in [0, 0.1) is 6.92 Å². The predicted molar refractivity (Wildman–Crippen MR) is 147 cm³/mol. The van der Waals surface area contributed by atoms with Gasteiger partial charge in [0.1, 0.15) is 11.0 Å². The Hall–Kier alpha value is -4.40. The predicted octanol–water partition coefficient (Wildman–Crippen LogP) is 6.73. The highest BCUT2D eigenvalue weighted by atomic mass is 35.5. The smallest absolute Gasteiger partial charge is 0.260 e. The molecule has 3 aromatic heterocycles. The van der Waals surface area contributed by atoms with Gasteiger partial charge in [-0.3, -0.25) is 14.9 Å². The van der Waals surface area contributed by atoms with Crippen molar-refractivity contribution in [2.75, 3.05) is 10.6 Å². The lowest BCUT2D eigenvalue weighted by Gasteiger charge is -2.07. The highest BCUT2D eigenvalue weighted by Crippen LogP contribution is 2.40. The molecule has 2 N–H and O–H groups in total. The number of nitrogens with one attached hydrogen (secondary N) is 2. The molecule has 0 aliphatic carbocycles. The molecule has 0 spiro atoms. The minimum atomic E-state index is -0.403. The van der Waals surface area contributed by atoms with Crippen LogP contribution in [-0.2, 0) is 0 Å². The lowest BCUT2D eigenvalue weighted by Crippen LogP contribution is -2.12. The van der Waals surface area contributed by atoms with Crippen LogP contribution in [0.25, 0.3) is 21.7 Å². The zero-order valence-corrected chi connectivity index (χ0v) is 21.2. The van der Waals surface area contributed by atoms with Crippen LogP contribution in [0.3, 0.4) is 0 Å². The van der Waals surface area contributed by atoms with E-state index in [9.17, 15) is 9.59 Å². The molecule has 0 fully saturated rings. The fraction of sp³-hybridized carbons (Fsp3) is 0.0357. The van der Waals surface area contributed by atoms with E-state index in [1.54, 1.807) is 48.7 Å². The van der Waals surface area contributed by atoms with Crippen LogP contribution in [0.2, 0.25) is 5.15 Å². The van der Waals surface area contributed by atoms with Gasteiger partial charge in [0.25, 0.3) is 11.8 Å². The number of aromatic nitrogens is 3. The Labute approximate surface area is 222 Å². The van der Waals surface area contributed by atoms with Gasteiger partial charge in [-0.05, 0) is 55.0 Å². The molecule has 0 bridgehead atoms.